The van der Waals surface area contributed by atoms with Crippen LogP contribution in [0, 0.1) is 0 Å². The van der Waals surface area contributed by atoms with Crippen LogP contribution in [0.15, 0.2) is 36.7 Å². The summed E-state index contributed by atoms with van der Waals surface area (Å²) in [4.78, 5) is 8.73. The Labute approximate surface area is 110 Å². The molecule has 3 aromatic rings. The monoisotopic (exact) mass is 254 g/mol. The van der Waals surface area contributed by atoms with Crippen LogP contribution in [0.4, 0.5) is 5.69 Å². The van der Waals surface area contributed by atoms with Crippen molar-refractivity contribution in [3.8, 4) is 17.1 Å². The van der Waals surface area contributed by atoms with Gasteiger partial charge in [-0.05, 0) is 24.3 Å². The molecule has 0 unspecified atom stereocenters. The third-order valence-electron chi connectivity index (χ3n) is 3.17. The van der Waals surface area contributed by atoms with Gasteiger partial charge in [-0.3, -0.25) is 4.98 Å². The average Bonchev–Trinajstić information content (AvgIpc) is 2.77. The molecule has 19 heavy (non-hydrogen) atoms. The second-order valence-corrected chi connectivity index (χ2v) is 4.32. The Bertz CT molecular complexity index is 748. The first-order valence-electron chi connectivity index (χ1n) is 5.91. The number of nitrogens with two attached hydrogens (primary N) is 1. The number of imidazole rings is 1. The van der Waals surface area contributed by atoms with Crippen molar-refractivity contribution in [3.63, 3.8) is 0 Å². The Morgan fingerprint density at radius 3 is 2.79 bits per heavy atom. The third kappa shape index (κ3) is 1.79. The molecule has 0 radical (unpaired) electrons. The molecule has 2 N–H and O–H groups in total. The van der Waals surface area contributed by atoms with Gasteiger partial charge in [-0.25, -0.2) is 4.98 Å². The minimum Gasteiger partial charge on any atom is -0.495 e. The number of benzene rings is 1. The number of ether oxygens (including phenoxy) is 1. The number of aromatic nitrogens is 3. The summed E-state index contributed by atoms with van der Waals surface area (Å²) in [7, 11) is 3.57. The van der Waals surface area contributed by atoms with Crippen LogP contribution in [-0.4, -0.2) is 21.6 Å². The molecule has 0 atom stereocenters. The number of nitrogens with zero attached hydrogens (tertiary/aromatic N) is 3. The van der Waals surface area contributed by atoms with Crippen molar-refractivity contribution in [2.24, 2.45) is 7.05 Å². The van der Waals surface area contributed by atoms with Crippen LogP contribution >= 0.6 is 0 Å². The molecule has 0 fully saturated rings. The van der Waals surface area contributed by atoms with Gasteiger partial charge in [0.25, 0.3) is 0 Å². The number of anilines is 1. The van der Waals surface area contributed by atoms with E-state index in [0.29, 0.717) is 11.4 Å². The van der Waals surface area contributed by atoms with Crippen molar-refractivity contribution in [2.45, 2.75) is 0 Å². The van der Waals surface area contributed by atoms with E-state index < -0.39 is 0 Å². The van der Waals surface area contributed by atoms with E-state index in [2.05, 4.69) is 9.97 Å². The van der Waals surface area contributed by atoms with E-state index in [4.69, 9.17) is 10.5 Å². The molecule has 0 bridgehead atoms. The van der Waals surface area contributed by atoms with E-state index in [9.17, 15) is 0 Å². The fraction of sp³-hybridized carbons (Fsp3) is 0.143. The molecule has 5 nitrogen and oxygen atoms in total. The van der Waals surface area contributed by atoms with Gasteiger partial charge in [-0.2, -0.15) is 0 Å². The van der Waals surface area contributed by atoms with E-state index in [1.807, 2.05) is 35.9 Å². The van der Waals surface area contributed by atoms with Gasteiger partial charge in [0.15, 0.2) is 0 Å². The predicted octanol–water partition coefficient (Wildman–Crippen LogP) is 2.23. The maximum absolute atomic E-state index is 5.94. The summed E-state index contributed by atoms with van der Waals surface area (Å²) in [6.07, 6.45) is 3.54. The maximum atomic E-state index is 5.94. The Morgan fingerprint density at radius 2 is 2.11 bits per heavy atom. The molecule has 3 rings (SSSR count). The molecule has 1 aromatic carbocycles. The van der Waals surface area contributed by atoms with E-state index >= 15 is 0 Å². The highest BCUT2D eigenvalue weighted by molar-refractivity contribution is 5.80. The summed E-state index contributed by atoms with van der Waals surface area (Å²) in [5.74, 6) is 1.53. The standard InChI is InChI=1S/C14H14N4O/c1-18-12-8-16-6-5-11(12)17-14(18)9-3-4-13(19-2)10(15)7-9/h3-8H,15H2,1-2H3. The molecule has 0 amide bonds. The molecule has 0 aliphatic rings. The van der Waals surface area contributed by atoms with Crippen LogP contribution in [-0.2, 0) is 7.05 Å². The number of hydrogen-bond donors (Lipinski definition) is 1. The molecule has 5 heteroatoms. The zero-order valence-electron chi connectivity index (χ0n) is 10.8. The van der Waals surface area contributed by atoms with Gasteiger partial charge in [0, 0.05) is 18.8 Å². The van der Waals surface area contributed by atoms with Gasteiger partial charge in [-0.15, -0.1) is 0 Å². The van der Waals surface area contributed by atoms with Crippen molar-refractivity contribution in [1.29, 1.82) is 0 Å². The van der Waals surface area contributed by atoms with Crippen LogP contribution in [0.1, 0.15) is 0 Å². The number of nitrogen functional groups attached to an aromatic ring is 1. The van der Waals surface area contributed by atoms with Crippen LogP contribution in [0.25, 0.3) is 22.4 Å². The fourth-order valence-corrected chi connectivity index (χ4v) is 2.17. The molecular weight excluding hydrogens is 240 g/mol. The van der Waals surface area contributed by atoms with Crippen LogP contribution < -0.4 is 10.5 Å². The molecule has 0 aliphatic heterocycles. The summed E-state index contributed by atoms with van der Waals surface area (Å²) in [5.41, 5.74) is 9.41. The van der Waals surface area contributed by atoms with Gasteiger partial charge in [0.2, 0.25) is 0 Å². The zero-order valence-corrected chi connectivity index (χ0v) is 10.8. The third-order valence-corrected chi connectivity index (χ3v) is 3.17. The Kier molecular flexibility index (Phi) is 2.59. The quantitative estimate of drug-likeness (QED) is 0.712. The maximum Gasteiger partial charge on any atom is 0.141 e. The number of hydrogen-bond acceptors (Lipinski definition) is 4. The molecule has 0 saturated heterocycles. The van der Waals surface area contributed by atoms with Crippen LogP contribution in [0.2, 0.25) is 0 Å². The van der Waals surface area contributed by atoms with Crippen LogP contribution in [0.3, 0.4) is 0 Å². The number of methoxy groups -OCH3 is 1. The molecule has 2 heterocycles. The second kappa shape index (κ2) is 4.28. The largest absolute Gasteiger partial charge is 0.495 e. The van der Waals surface area contributed by atoms with Gasteiger partial charge >= 0.3 is 0 Å². The number of rotatable bonds is 2. The van der Waals surface area contributed by atoms with E-state index in [1.165, 1.54) is 0 Å². The van der Waals surface area contributed by atoms with E-state index in [-0.39, 0.29) is 0 Å². The lowest BCUT2D eigenvalue weighted by molar-refractivity contribution is 0.417. The Hall–Kier alpha value is -2.56. The lowest BCUT2D eigenvalue weighted by Crippen LogP contribution is -1.96. The van der Waals surface area contributed by atoms with E-state index in [1.54, 1.807) is 19.5 Å². The number of aryl methyl sites for hydroxylation is 1. The first-order chi connectivity index (χ1) is 9.20. The average molecular weight is 254 g/mol. The number of pyridine rings is 1. The van der Waals surface area contributed by atoms with Crippen LogP contribution in [0.5, 0.6) is 5.75 Å². The summed E-state index contributed by atoms with van der Waals surface area (Å²) in [6, 6.07) is 7.56. The minimum atomic E-state index is 0.602. The van der Waals surface area contributed by atoms with Gasteiger partial charge < -0.3 is 15.0 Å². The SMILES string of the molecule is COc1ccc(-c2nc3ccncc3n2C)cc1N. The summed E-state index contributed by atoms with van der Waals surface area (Å²) < 4.78 is 7.17. The van der Waals surface area contributed by atoms with Crippen molar-refractivity contribution >= 4 is 16.7 Å². The molecular formula is C14H14N4O. The zero-order chi connectivity index (χ0) is 13.4. The smallest absolute Gasteiger partial charge is 0.141 e. The normalized spacial score (nSPS) is 10.8. The van der Waals surface area contributed by atoms with E-state index in [0.717, 1.165) is 22.4 Å². The summed E-state index contributed by atoms with van der Waals surface area (Å²) in [6.45, 7) is 0. The van der Waals surface area contributed by atoms with Gasteiger partial charge in [0.1, 0.15) is 11.6 Å². The number of fused-ring (bicyclic) bond motifs is 1. The molecule has 96 valence electrons. The van der Waals surface area contributed by atoms with Crippen molar-refractivity contribution in [3.05, 3.63) is 36.7 Å². The molecule has 0 saturated carbocycles. The Morgan fingerprint density at radius 1 is 1.26 bits per heavy atom. The highest BCUT2D eigenvalue weighted by Gasteiger charge is 2.11. The van der Waals surface area contributed by atoms with Crippen molar-refractivity contribution in [1.82, 2.24) is 14.5 Å². The van der Waals surface area contributed by atoms with Crippen molar-refractivity contribution < 1.29 is 4.74 Å². The summed E-state index contributed by atoms with van der Waals surface area (Å²) >= 11 is 0. The predicted molar refractivity (Wildman–Crippen MR) is 74.9 cm³/mol. The Balaban J connectivity index is 2.19. The highest BCUT2D eigenvalue weighted by Crippen LogP contribution is 2.29. The van der Waals surface area contributed by atoms with Gasteiger partial charge in [0.05, 0.1) is 30.0 Å². The topological polar surface area (TPSA) is 66.0 Å². The minimum absolute atomic E-state index is 0.602. The highest BCUT2D eigenvalue weighted by atomic mass is 16.5. The molecule has 0 aliphatic carbocycles. The molecule has 0 spiro atoms. The summed E-state index contributed by atoms with van der Waals surface area (Å²) in [5, 5.41) is 0. The lowest BCUT2D eigenvalue weighted by Gasteiger charge is -2.07. The lowest BCUT2D eigenvalue weighted by atomic mass is 10.2. The fourth-order valence-electron chi connectivity index (χ4n) is 2.17. The van der Waals surface area contributed by atoms with Crippen molar-refractivity contribution in [2.75, 3.05) is 12.8 Å². The first kappa shape index (κ1) is 11.5. The molecule has 2 aromatic heterocycles. The van der Waals surface area contributed by atoms with Gasteiger partial charge in [-0.1, -0.05) is 0 Å². The first-order valence-corrected chi connectivity index (χ1v) is 5.91. The second-order valence-electron chi connectivity index (χ2n) is 4.32.